The summed E-state index contributed by atoms with van der Waals surface area (Å²) in [6.45, 7) is -0.0660. The molecule has 0 aliphatic heterocycles. The molecular weight excluding hydrogens is 250 g/mol. The second-order valence-electron chi connectivity index (χ2n) is 4.79. The van der Waals surface area contributed by atoms with Gasteiger partial charge in [0.2, 0.25) is 5.91 Å². The first-order chi connectivity index (χ1) is 9.16. The first-order valence-corrected chi connectivity index (χ1v) is 6.40. The van der Waals surface area contributed by atoms with Gasteiger partial charge in [-0.05, 0) is 29.2 Å². The van der Waals surface area contributed by atoms with Crippen molar-refractivity contribution < 1.29 is 14.7 Å². The monoisotopic (exact) mass is 267 g/mol. The second-order valence-corrected chi connectivity index (χ2v) is 4.79. The highest BCUT2D eigenvalue weighted by atomic mass is 16.4. The summed E-state index contributed by atoms with van der Waals surface area (Å²) in [4.78, 5) is 23.1. The summed E-state index contributed by atoms with van der Waals surface area (Å²) in [6.07, 6.45) is 6.20. The van der Waals surface area contributed by atoms with E-state index in [1.165, 1.54) is 11.0 Å². The molecule has 1 amide bonds. The van der Waals surface area contributed by atoms with Gasteiger partial charge in [0.1, 0.15) is 18.9 Å². The predicted molar refractivity (Wildman–Crippen MR) is 64.0 cm³/mol. The smallest absolute Gasteiger partial charge is 0.326 e. The molecule has 0 radical (unpaired) electrons. The molecule has 19 heavy (non-hydrogen) atoms. The molecule has 1 aromatic rings. The minimum atomic E-state index is -0.975. The standard InChI is InChI=1S/C11H17N5O3/c17-9(6-16-7-12-14-15-16)13-10(11(18)19)8-4-2-1-3-5-8/h7-8,10H,1-6H2,(H,13,17)(H,18,19). The summed E-state index contributed by atoms with van der Waals surface area (Å²) < 4.78 is 1.26. The zero-order chi connectivity index (χ0) is 13.7. The summed E-state index contributed by atoms with van der Waals surface area (Å²) in [5, 5.41) is 22.2. The molecule has 1 aliphatic carbocycles. The Bertz CT molecular complexity index is 428. The van der Waals surface area contributed by atoms with E-state index in [1.807, 2.05) is 0 Å². The topological polar surface area (TPSA) is 110 Å². The fourth-order valence-corrected chi connectivity index (χ4v) is 2.47. The average molecular weight is 267 g/mol. The van der Waals surface area contributed by atoms with Crippen LogP contribution in [0.1, 0.15) is 32.1 Å². The van der Waals surface area contributed by atoms with Crippen molar-refractivity contribution in [3.05, 3.63) is 6.33 Å². The number of nitrogens with one attached hydrogen (secondary N) is 1. The van der Waals surface area contributed by atoms with Crippen molar-refractivity contribution in [2.45, 2.75) is 44.7 Å². The van der Waals surface area contributed by atoms with Gasteiger partial charge in [0.25, 0.3) is 0 Å². The van der Waals surface area contributed by atoms with E-state index in [1.54, 1.807) is 0 Å². The zero-order valence-corrected chi connectivity index (χ0v) is 10.5. The number of carbonyl (C=O) groups excluding carboxylic acids is 1. The number of amides is 1. The van der Waals surface area contributed by atoms with Crippen LogP contribution in [0.2, 0.25) is 0 Å². The fourth-order valence-electron chi connectivity index (χ4n) is 2.47. The maximum absolute atomic E-state index is 11.8. The van der Waals surface area contributed by atoms with Crippen molar-refractivity contribution >= 4 is 11.9 Å². The normalized spacial score (nSPS) is 17.9. The summed E-state index contributed by atoms with van der Waals surface area (Å²) in [7, 11) is 0. The van der Waals surface area contributed by atoms with Gasteiger partial charge >= 0.3 is 5.97 Å². The molecule has 104 valence electrons. The third-order valence-corrected chi connectivity index (χ3v) is 3.40. The van der Waals surface area contributed by atoms with Gasteiger partial charge in [-0.15, -0.1) is 5.10 Å². The maximum atomic E-state index is 11.8. The first-order valence-electron chi connectivity index (χ1n) is 6.40. The van der Waals surface area contributed by atoms with Crippen LogP contribution in [0.25, 0.3) is 0 Å². The molecule has 2 N–H and O–H groups in total. The number of hydrogen-bond donors (Lipinski definition) is 2. The number of carbonyl (C=O) groups is 2. The maximum Gasteiger partial charge on any atom is 0.326 e. The van der Waals surface area contributed by atoms with Crippen molar-refractivity contribution in [2.24, 2.45) is 5.92 Å². The molecule has 1 aromatic heterocycles. The number of aromatic nitrogens is 4. The molecule has 8 nitrogen and oxygen atoms in total. The lowest BCUT2D eigenvalue weighted by Gasteiger charge is -2.27. The molecule has 0 spiro atoms. The molecule has 1 atom stereocenters. The number of carboxylic acids is 1. The highest BCUT2D eigenvalue weighted by molar-refractivity contribution is 5.83. The Morgan fingerprint density at radius 2 is 2.11 bits per heavy atom. The number of tetrazole rings is 1. The van der Waals surface area contributed by atoms with Crippen LogP contribution in [0.5, 0.6) is 0 Å². The van der Waals surface area contributed by atoms with E-state index < -0.39 is 12.0 Å². The first kappa shape index (κ1) is 13.4. The van der Waals surface area contributed by atoms with Crippen LogP contribution in [0.3, 0.4) is 0 Å². The van der Waals surface area contributed by atoms with Crippen LogP contribution < -0.4 is 5.32 Å². The lowest BCUT2D eigenvalue weighted by molar-refractivity contribution is -0.144. The molecule has 1 saturated carbocycles. The van der Waals surface area contributed by atoms with Crippen LogP contribution in [0, 0.1) is 5.92 Å². The molecule has 1 unspecified atom stereocenters. The Morgan fingerprint density at radius 1 is 1.37 bits per heavy atom. The van der Waals surface area contributed by atoms with Gasteiger partial charge < -0.3 is 10.4 Å². The van der Waals surface area contributed by atoms with E-state index >= 15 is 0 Å². The Labute approximate surface area is 110 Å². The molecule has 0 saturated heterocycles. The van der Waals surface area contributed by atoms with Crippen LogP contribution in [0.4, 0.5) is 0 Å². The van der Waals surface area contributed by atoms with Crippen LogP contribution in [-0.4, -0.2) is 43.2 Å². The van der Waals surface area contributed by atoms with Crippen molar-refractivity contribution in [3.63, 3.8) is 0 Å². The highest BCUT2D eigenvalue weighted by Crippen LogP contribution is 2.26. The molecule has 1 fully saturated rings. The second kappa shape index (κ2) is 6.26. The van der Waals surface area contributed by atoms with Crippen molar-refractivity contribution in [1.82, 2.24) is 25.5 Å². The van der Waals surface area contributed by atoms with Gasteiger partial charge in [-0.2, -0.15) is 0 Å². The minimum absolute atomic E-state index is 0.0177. The van der Waals surface area contributed by atoms with Gasteiger partial charge in [0.15, 0.2) is 0 Å². The van der Waals surface area contributed by atoms with Crippen molar-refractivity contribution in [1.29, 1.82) is 0 Å². The molecule has 8 heteroatoms. The number of carboxylic acid groups (broad SMARTS) is 1. The van der Waals surface area contributed by atoms with Gasteiger partial charge in [0, 0.05) is 0 Å². The molecule has 1 heterocycles. The van der Waals surface area contributed by atoms with E-state index in [9.17, 15) is 14.7 Å². The third kappa shape index (κ3) is 3.73. The van der Waals surface area contributed by atoms with Crippen LogP contribution >= 0.6 is 0 Å². The Morgan fingerprint density at radius 3 is 2.68 bits per heavy atom. The number of rotatable bonds is 5. The van der Waals surface area contributed by atoms with Crippen molar-refractivity contribution in [3.8, 4) is 0 Å². The predicted octanol–water partition coefficient (Wildman–Crippen LogP) is -0.177. The molecular formula is C11H17N5O3. The van der Waals surface area contributed by atoms with E-state index in [-0.39, 0.29) is 18.4 Å². The summed E-state index contributed by atoms with van der Waals surface area (Å²) in [5.41, 5.74) is 0. The Kier molecular flexibility index (Phi) is 4.43. The lowest BCUT2D eigenvalue weighted by Crippen LogP contribution is -2.47. The van der Waals surface area contributed by atoms with Gasteiger partial charge in [-0.1, -0.05) is 19.3 Å². The van der Waals surface area contributed by atoms with E-state index in [0.717, 1.165) is 32.1 Å². The van der Waals surface area contributed by atoms with E-state index in [4.69, 9.17) is 0 Å². The molecule has 0 bridgehead atoms. The number of aliphatic carboxylic acids is 1. The number of nitrogens with zero attached hydrogens (tertiary/aromatic N) is 4. The Balaban J connectivity index is 1.92. The largest absolute Gasteiger partial charge is 0.480 e. The van der Waals surface area contributed by atoms with Gasteiger partial charge in [-0.25, -0.2) is 9.48 Å². The summed E-state index contributed by atoms with van der Waals surface area (Å²) in [5.74, 6) is -1.34. The molecule has 1 aliphatic rings. The quantitative estimate of drug-likeness (QED) is 0.766. The summed E-state index contributed by atoms with van der Waals surface area (Å²) in [6, 6.07) is -0.815. The molecule has 2 rings (SSSR count). The highest BCUT2D eigenvalue weighted by Gasteiger charge is 2.30. The zero-order valence-electron chi connectivity index (χ0n) is 10.5. The Hall–Kier alpha value is -1.99. The lowest BCUT2D eigenvalue weighted by atomic mass is 9.84. The third-order valence-electron chi connectivity index (χ3n) is 3.40. The number of hydrogen-bond acceptors (Lipinski definition) is 5. The van der Waals surface area contributed by atoms with E-state index in [0.29, 0.717) is 0 Å². The van der Waals surface area contributed by atoms with Crippen LogP contribution in [-0.2, 0) is 16.1 Å². The van der Waals surface area contributed by atoms with Crippen LogP contribution in [0.15, 0.2) is 6.33 Å². The minimum Gasteiger partial charge on any atom is -0.480 e. The van der Waals surface area contributed by atoms with E-state index in [2.05, 4.69) is 20.8 Å². The van der Waals surface area contributed by atoms with Gasteiger partial charge in [-0.3, -0.25) is 4.79 Å². The van der Waals surface area contributed by atoms with Gasteiger partial charge in [0.05, 0.1) is 0 Å². The fraction of sp³-hybridized carbons (Fsp3) is 0.727. The van der Waals surface area contributed by atoms with Crippen molar-refractivity contribution in [2.75, 3.05) is 0 Å². The average Bonchev–Trinajstić information content (AvgIpc) is 2.89. The SMILES string of the molecule is O=C(Cn1cnnn1)NC(C(=O)O)C1CCCCC1. The summed E-state index contributed by atoms with van der Waals surface area (Å²) >= 11 is 0. The molecule has 0 aromatic carbocycles.